The summed E-state index contributed by atoms with van der Waals surface area (Å²) in [5.74, 6) is 2.39. The number of nitrogens with two attached hydrogens (primary N) is 1. The molecule has 0 aromatic carbocycles. The predicted molar refractivity (Wildman–Crippen MR) is 55.4 cm³/mol. The lowest BCUT2D eigenvalue weighted by Crippen LogP contribution is -2.26. The van der Waals surface area contributed by atoms with Crippen LogP contribution in [0.4, 0.5) is 11.6 Å². The highest BCUT2D eigenvalue weighted by atomic mass is 16.5. The Morgan fingerprint density at radius 3 is 3.00 bits per heavy atom. The number of hydrogen-bond acceptors (Lipinski definition) is 4. The summed E-state index contributed by atoms with van der Waals surface area (Å²) in [4.78, 5) is 9.55. The molecule has 14 heavy (non-hydrogen) atoms. The number of aromatic amines is 1. The van der Waals surface area contributed by atoms with E-state index >= 15 is 0 Å². The summed E-state index contributed by atoms with van der Waals surface area (Å²) >= 11 is 0. The molecule has 0 amide bonds. The van der Waals surface area contributed by atoms with Crippen LogP contribution < -0.4 is 10.6 Å². The van der Waals surface area contributed by atoms with Gasteiger partial charge in [-0.1, -0.05) is 0 Å². The molecule has 1 fully saturated rings. The van der Waals surface area contributed by atoms with Crippen molar-refractivity contribution in [3.8, 4) is 0 Å². The van der Waals surface area contributed by atoms with Gasteiger partial charge in [-0.05, 0) is 13.3 Å². The standard InChI is InChI=1S/C9H16N4O/c1-7-11-8(10)9(12-7)13-3-2-5-14-6-4-13/h2-6,10H2,1H3,(H,11,12). The summed E-state index contributed by atoms with van der Waals surface area (Å²) in [6.45, 7) is 5.34. The van der Waals surface area contributed by atoms with Crippen LogP contribution in [0.1, 0.15) is 12.2 Å². The highest BCUT2D eigenvalue weighted by Gasteiger charge is 2.15. The minimum atomic E-state index is 0.657. The molecule has 1 aliphatic rings. The number of aromatic nitrogens is 2. The number of rotatable bonds is 1. The van der Waals surface area contributed by atoms with E-state index in [1.54, 1.807) is 0 Å². The Labute approximate surface area is 83.3 Å². The average molecular weight is 196 g/mol. The lowest BCUT2D eigenvalue weighted by molar-refractivity contribution is 0.152. The Morgan fingerprint density at radius 1 is 1.43 bits per heavy atom. The van der Waals surface area contributed by atoms with Crippen LogP contribution in [0, 0.1) is 6.92 Å². The number of hydrogen-bond donors (Lipinski definition) is 2. The van der Waals surface area contributed by atoms with Crippen molar-refractivity contribution in [1.29, 1.82) is 0 Å². The minimum Gasteiger partial charge on any atom is -0.382 e. The summed E-state index contributed by atoms with van der Waals surface area (Å²) in [5.41, 5.74) is 5.82. The van der Waals surface area contributed by atoms with Crippen LogP contribution in [-0.2, 0) is 4.74 Å². The van der Waals surface area contributed by atoms with Crippen molar-refractivity contribution in [2.75, 3.05) is 36.9 Å². The first-order chi connectivity index (χ1) is 6.77. The molecule has 78 valence electrons. The zero-order valence-corrected chi connectivity index (χ0v) is 8.42. The molecule has 5 heteroatoms. The maximum Gasteiger partial charge on any atom is 0.171 e. The van der Waals surface area contributed by atoms with E-state index < -0.39 is 0 Å². The van der Waals surface area contributed by atoms with Gasteiger partial charge in [0.15, 0.2) is 5.82 Å². The molecular weight excluding hydrogens is 180 g/mol. The molecule has 2 heterocycles. The summed E-state index contributed by atoms with van der Waals surface area (Å²) in [6.07, 6.45) is 1.03. The molecule has 5 nitrogen and oxygen atoms in total. The van der Waals surface area contributed by atoms with Crippen molar-refractivity contribution in [2.45, 2.75) is 13.3 Å². The third-order valence-electron chi connectivity index (χ3n) is 2.35. The van der Waals surface area contributed by atoms with Crippen LogP contribution in [-0.4, -0.2) is 36.3 Å². The topological polar surface area (TPSA) is 67.2 Å². The van der Waals surface area contributed by atoms with E-state index in [0.717, 1.165) is 44.4 Å². The van der Waals surface area contributed by atoms with Gasteiger partial charge < -0.3 is 20.4 Å². The van der Waals surface area contributed by atoms with Crippen LogP contribution in [0.5, 0.6) is 0 Å². The fraction of sp³-hybridized carbons (Fsp3) is 0.667. The quantitative estimate of drug-likeness (QED) is 0.687. The second-order valence-corrected chi connectivity index (χ2v) is 3.51. The molecule has 1 aromatic rings. The van der Waals surface area contributed by atoms with Crippen molar-refractivity contribution >= 4 is 11.6 Å². The smallest absolute Gasteiger partial charge is 0.171 e. The molecule has 0 unspecified atom stereocenters. The molecule has 1 aromatic heterocycles. The van der Waals surface area contributed by atoms with Crippen LogP contribution in [0.2, 0.25) is 0 Å². The molecule has 0 radical (unpaired) electrons. The highest BCUT2D eigenvalue weighted by Crippen LogP contribution is 2.20. The number of aryl methyl sites for hydroxylation is 1. The zero-order valence-electron chi connectivity index (χ0n) is 8.42. The third kappa shape index (κ3) is 1.82. The second kappa shape index (κ2) is 3.88. The number of nitrogen functional groups attached to an aromatic ring is 1. The Kier molecular flexibility index (Phi) is 2.58. The number of imidazole rings is 1. The monoisotopic (exact) mass is 196 g/mol. The van der Waals surface area contributed by atoms with Gasteiger partial charge in [-0.15, -0.1) is 0 Å². The lowest BCUT2D eigenvalue weighted by atomic mass is 10.4. The Hall–Kier alpha value is -1.23. The molecule has 0 spiro atoms. The summed E-state index contributed by atoms with van der Waals surface area (Å²) < 4.78 is 5.37. The van der Waals surface area contributed by atoms with Crippen molar-refractivity contribution in [1.82, 2.24) is 9.97 Å². The van der Waals surface area contributed by atoms with Crippen molar-refractivity contribution in [3.05, 3.63) is 5.82 Å². The van der Waals surface area contributed by atoms with Gasteiger partial charge in [0.2, 0.25) is 0 Å². The molecule has 0 atom stereocenters. The number of H-pyrrole nitrogens is 1. The van der Waals surface area contributed by atoms with Gasteiger partial charge in [0.25, 0.3) is 0 Å². The molecular formula is C9H16N4O. The van der Waals surface area contributed by atoms with Gasteiger partial charge in [-0.3, -0.25) is 0 Å². The maximum atomic E-state index is 5.82. The van der Waals surface area contributed by atoms with Gasteiger partial charge in [0.1, 0.15) is 11.6 Å². The fourth-order valence-electron chi connectivity index (χ4n) is 1.70. The lowest BCUT2D eigenvalue weighted by Gasteiger charge is -2.19. The van der Waals surface area contributed by atoms with Gasteiger partial charge in [0, 0.05) is 19.7 Å². The van der Waals surface area contributed by atoms with Gasteiger partial charge in [0.05, 0.1) is 6.61 Å². The molecule has 0 saturated carbocycles. The van der Waals surface area contributed by atoms with Gasteiger partial charge in [-0.2, -0.15) is 0 Å². The van der Waals surface area contributed by atoms with Crippen LogP contribution in [0.15, 0.2) is 0 Å². The SMILES string of the molecule is Cc1nc(N2CCCOCC2)c(N)[nH]1. The van der Waals surface area contributed by atoms with E-state index in [-0.39, 0.29) is 0 Å². The first kappa shape index (κ1) is 9.33. The van der Waals surface area contributed by atoms with Crippen LogP contribution >= 0.6 is 0 Å². The molecule has 2 rings (SSSR count). The van der Waals surface area contributed by atoms with E-state index in [4.69, 9.17) is 10.5 Å². The van der Waals surface area contributed by atoms with Crippen molar-refractivity contribution in [2.24, 2.45) is 0 Å². The molecule has 0 bridgehead atoms. The second-order valence-electron chi connectivity index (χ2n) is 3.51. The van der Waals surface area contributed by atoms with E-state index in [2.05, 4.69) is 14.9 Å². The Morgan fingerprint density at radius 2 is 2.29 bits per heavy atom. The molecule has 0 aliphatic carbocycles. The maximum absolute atomic E-state index is 5.82. The number of ether oxygens (including phenoxy) is 1. The molecule has 1 saturated heterocycles. The number of nitrogens with one attached hydrogen (secondary N) is 1. The number of nitrogens with zero attached hydrogens (tertiary/aromatic N) is 2. The van der Waals surface area contributed by atoms with E-state index in [1.807, 2.05) is 6.92 Å². The fourth-order valence-corrected chi connectivity index (χ4v) is 1.70. The predicted octanol–water partition coefficient (Wildman–Crippen LogP) is 0.527. The normalized spacial score (nSPS) is 18.2. The Balaban J connectivity index is 2.15. The highest BCUT2D eigenvalue weighted by molar-refractivity contribution is 5.59. The number of anilines is 2. The van der Waals surface area contributed by atoms with E-state index in [9.17, 15) is 0 Å². The Bertz CT molecular complexity index is 302. The van der Waals surface area contributed by atoms with E-state index in [1.165, 1.54) is 0 Å². The van der Waals surface area contributed by atoms with Crippen LogP contribution in [0.3, 0.4) is 0 Å². The molecule has 1 aliphatic heterocycles. The van der Waals surface area contributed by atoms with Gasteiger partial charge >= 0.3 is 0 Å². The largest absolute Gasteiger partial charge is 0.382 e. The first-order valence-corrected chi connectivity index (χ1v) is 4.92. The van der Waals surface area contributed by atoms with Crippen LogP contribution in [0.25, 0.3) is 0 Å². The van der Waals surface area contributed by atoms with Crippen molar-refractivity contribution < 1.29 is 4.74 Å². The van der Waals surface area contributed by atoms with Crippen molar-refractivity contribution in [3.63, 3.8) is 0 Å². The van der Waals surface area contributed by atoms with E-state index in [0.29, 0.717) is 5.82 Å². The zero-order chi connectivity index (χ0) is 9.97. The summed E-state index contributed by atoms with van der Waals surface area (Å²) in [5, 5.41) is 0. The average Bonchev–Trinajstić information content (AvgIpc) is 2.43. The minimum absolute atomic E-state index is 0.657. The van der Waals surface area contributed by atoms with Gasteiger partial charge in [-0.25, -0.2) is 4.98 Å². The summed E-state index contributed by atoms with van der Waals surface area (Å²) in [7, 11) is 0. The third-order valence-corrected chi connectivity index (χ3v) is 2.35. The molecule has 3 N–H and O–H groups in total. The first-order valence-electron chi connectivity index (χ1n) is 4.92. The summed E-state index contributed by atoms with van der Waals surface area (Å²) in [6, 6.07) is 0.